The Labute approximate surface area is 79.5 Å². The van der Waals surface area contributed by atoms with E-state index in [4.69, 9.17) is 4.74 Å². The van der Waals surface area contributed by atoms with E-state index in [1.807, 2.05) is 0 Å². The fourth-order valence-electron chi connectivity index (χ4n) is 1.47. The Morgan fingerprint density at radius 2 is 2.07 bits per heavy atom. The number of ether oxygens (including phenoxy) is 1. The van der Waals surface area contributed by atoms with Gasteiger partial charge in [-0.15, -0.1) is 0 Å². The smallest absolute Gasteiger partial charge is 0.306 e. The summed E-state index contributed by atoms with van der Waals surface area (Å²) < 4.78 is 30.3. The van der Waals surface area contributed by atoms with Crippen molar-refractivity contribution in [3.8, 4) is 0 Å². The average molecular weight is 198 g/mol. The number of esters is 1. The van der Waals surface area contributed by atoms with Gasteiger partial charge in [-0.25, -0.2) is 8.78 Å². The highest BCUT2D eigenvalue weighted by Crippen LogP contribution is 2.29. The first-order valence-corrected chi connectivity index (χ1v) is 4.31. The first-order valence-electron chi connectivity index (χ1n) is 4.31. The molecule has 1 aromatic carbocycles. The Morgan fingerprint density at radius 1 is 1.29 bits per heavy atom. The normalized spacial score (nSPS) is 21.0. The molecule has 1 aliphatic rings. The van der Waals surface area contributed by atoms with E-state index in [0.717, 1.165) is 12.1 Å². The summed E-state index contributed by atoms with van der Waals surface area (Å²) in [4.78, 5) is 10.8. The van der Waals surface area contributed by atoms with Crippen LogP contribution in [0.2, 0.25) is 0 Å². The Bertz CT molecular complexity index is 376. The van der Waals surface area contributed by atoms with Crippen LogP contribution >= 0.6 is 0 Å². The standard InChI is InChI=1S/C10H8F2O2/c11-7-2-1-6(5-8(7)12)9-3-4-10(13)14-9/h1-2,5,9H,3-4H2/t9-/m0/s1. The van der Waals surface area contributed by atoms with Crippen LogP contribution in [0.3, 0.4) is 0 Å². The number of hydrogen-bond donors (Lipinski definition) is 0. The summed E-state index contributed by atoms with van der Waals surface area (Å²) in [6.45, 7) is 0. The molecular formula is C10H8F2O2. The number of carbonyl (C=O) groups is 1. The summed E-state index contributed by atoms with van der Waals surface area (Å²) in [7, 11) is 0. The topological polar surface area (TPSA) is 26.3 Å². The van der Waals surface area contributed by atoms with Gasteiger partial charge in [-0.3, -0.25) is 4.79 Å². The molecule has 0 N–H and O–H groups in total. The van der Waals surface area contributed by atoms with Gasteiger partial charge in [0.2, 0.25) is 0 Å². The van der Waals surface area contributed by atoms with Gasteiger partial charge in [0.25, 0.3) is 0 Å². The fourth-order valence-corrected chi connectivity index (χ4v) is 1.47. The molecule has 0 amide bonds. The maximum atomic E-state index is 12.8. The lowest BCUT2D eigenvalue weighted by Gasteiger charge is -2.08. The fraction of sp³-hybridized carbons (Fsp3) is 0.300. The molecule has 2 nitrogen and oxygen atoms in total. The van der Waals surface area contributed by atoms with Gasteiger partial charge in [-0.1, -0.05) is 6.07 Å². The molecule has 74 valence electrons. The van der Waals surface area contributed by atoms with Crippen LogP contribution in [0.1, 0.15) is 24.5 Å². The van der Waals surface area contributed by atoms with Gasteiger partial charge in [-0.05, 0) is 24.1 Å². The van der Waals surface area contributed by atoms with Crippen LogP contribution in [0, 0.1) is 11.6 Å². The Morgan fingerprint density at radius 3 is 2.64 bits per heavy atom. The second-order valence-corrected chi connectivity index (χ2v) is 3.19. The van der Waals surface area contributed by atoms with E-state index in [1.165, 1.54) is 6.07 Å². The minimum atomic E-state index is -0.912. The van der Waals surface area contributed by atoms with Crippen molar-refractivity contribution in [3.63, 3.8) is 0 Å². The van der Waals surface area contributed by atoms with Gasteiger partial charge >= 0.3 is 5.97 Å². The van der Waals surface area contributed by atoms with E-state index >= 15 is 0 Å². The van der Waals surface area contributed by atoms with Crippen LogP contribution in [0.25, 0.3) is 0 Å². The zero-order valence-electron chi connectivity index (χ0n) is 7.30. The zero-order chi connectivity index (χ0) is 10.1. The predicted molar refractivity (Wildman–Crippen MR) is 44.4 cm³/mol. The monoisotopic (exact) mass is 198 g/mol. The third-order valence-corrected chi connectivity index (χ3v) is 2.20. The second-order valence-electron chi connectivity index (χ2n) is 3.19. The number of halogens is 2. The number of cyclic esters (lactones) is 1. The first-order chi connectivity index (χ1) is 6.66. The van der Waals surface area contributed by atoms with Crippen LogP contribution in [0.15, 0.2) is 18.2 Å². The van der Waals surface area contributed by atoms with Crippen molar-refractivity contribution in [3.05, 3.63) is 35.4 Å². The third-order valence-electron chi connectivity index (χ3n) is 2.20. The van der Waals surface area contributed by atoms with Gasteiger partial charge in [0.1, 0.15) is 6.10 Å². The molecule has 1 atom stereocenters. The Kier molecular flexibility index (Phi) is 2.19. The van der Waals surface area contributed by atoms with Gasteiger partial charge in [0.15, 0.2) is 11.6 Å². The van der Waals surface area contributed by atoms with E-state index in [9.17, 15) is 13.6 Å². The van der Waals surface area contributed by atoms with Gasteiger partial charge in [-0.2, -0.15) is 0 Å². The zero-order valence-corrected chi connectivity index (χ0v) is 7.30. The van der Waals surface area contributed by atoms with Gasteiger partial charge < -0.3 is 4.74 Å². The molecule has 1 aliphatic heterocycles. The molecule has 1 fully saturated rings. The third kappa shape index (κ3) is 1.60. The van der Waals surface area contributed by atoms with E-state index in [-0.39, 0.29) is 5.97 Å². The number of hydrogen-bond acceptors (Lipinski definition) is 2. The minimum Gasteiger partial charge on any atom is -0.457 e. The summed E-state index contributed by atoms with van der Waals surface area (Å²) in [5, 5.41) is 0. The molecule has 14 heavy (non-hydrogen) atoms. The van der Waals surface area contributed by atoms with Crippen molar-refractivity contribution in [2.45, 2.75) is 18.9 Å². The predicted octanol–water partition coefficient (Wildman–Crippen LogP) is 2.34. The summed E-state index contributed by atoms with van der Waals surface area (Å²) in [6.07, 6.45) is 0.450. The van der Waals surface area contributed by atoms with E-state index < -0.39 is 17.7 Å². The Hall–Kier alpha value is -1.45. The molecule has 1 saturated heterocycles. The Balaban J connectivity index is 2.24. The van der Waals surface area contributed by atoms with Crippen molar-refractivity contribution in [2.24, 2.45) is 0 Å². The van der Waals surface area contributed by atoms with E-state index in [0.29, 0.717) is 18.4 Å². The van der Waals surface area contributed by atoms with Crippen LogP contribution in [0.5, 0.6) is 0 Å². The van der Waals surface area contributed by atoms with E-state index in [1.54, 1.807) is 0 Å². The molecule has 1 aromatic rings. The van der Waals surface area contributed by atoms with Crippen LogP contribution in [-0.4, -0.2) is 5.97 Å². The van der Waals surface area contributed by atoms with Gasteiger partial charge in [0, 0.05) is 6.42 Å². The summed E-state index contributed by atoms with van der Waals surface area (Å²) >= 11 is 0. The van der Waals surface area contributed by atoms with Crippen LogP contribution in [0.4, 0.5) is 8.78 Å². The van der Waals surface area contributed by atoms with Crippen molar-refractivity contribution >= 4 is 5.97 Å². The van der Waals surface area contributed by atoms with E-state index in [2.05, 4.69) is 0 Å². The van der Waals surface area contributed by atoms with Crippen molar-refractivity contribution in [2.75, 3.05) is 0 Å². The first kappa shape index (κ1) is 9.12. The lowest BCUT2D eigenvalue weighted by Crippen LogP contribution is -1.99. The lowest BCUT2D eigenvalue weighted by molar-refractivity contribution is -0.141. The number of rotatable bonds is 1. The molecule has 2 rings (SSSR count). The van der Waals surface area contributed by atoms with Crippen molar-refractivity contribution in [1.82, 2.24) is 0 Å². The van der Waals surface area contributed by atoms with Crippen molar-refractivity contribution < 1.29 is 18.3 Å². The maximum Gasteiger partial charge on any atom is 0.306 e. The molecule has 0 unspecified atom stereocenters. The summed E-state index contributed by atoms with van der Waals surface area (Å²) in [6, 6.07) is 3.54. The lowest BCUT2D eigenvalue weighted by atomic mass is 10.1. The van der Waals surface area contributed by atoms with Crippen LogP contribution in [-0.2, 0) is 9.53 Å². The summed E-state index contributed by atoms with van der Waals surface area (Å²) in [5.74, 6) is -2.09. The molecule has 0 spiro atoms. The average Bonchev–Trinajstić information content (AvgIpc) is 2.57. The maximum absolute atomic E-state index is 12.8. The quantitative estimate of drug-likeness (QED) is 0.647. The SMILES string of the molecule is O=C1CC[C@@H](c2ccc(F)c(F)c2)O1. The largest absolute Gasteiger partial charge is 0.457 e. The molecule has 0 radical (unpaired) electrons. The molecule has 4 heteroatoms. The molecule has 0 saturated carbocycles. The summed E-state index contributed by atoms with van der Waals surface area (Å²) in [5.41, 5.74) is 0.509. The molecular weight excluding hydrogens is 190 g/mol. The number of benzene rings is 1. The molecule has 1 heterocycles. The van der Waals surface area contributed by atoms with Crippen molar-refractivity contribution in [1.29, 1.82) is 0 Å². The molecule has 0 aliphatic carbocycles. The van der Waals surface area contributed by atoms with Crippen LogP contribution < -0.4 is 0 Å². The molecule has 0 aromatic heterocycles. The number of carbonyl (C=O) groups excluding carboxylic acids is 1. The highest BCUT2D eigenvalue weighted by Gasteiger charge is 2.25. The highest BCUT2D eigenvalue weighted by molar-refractivity contribution is 5.71. The minimum absolute atomic E-state index is 0.292. The second kappa shape index (κ2) is 3.36. The highest BCUT2D eigenvalue weighted by atomic mass is 19.2. The molecule has 0 bridgehead atoms. The van der Waals surface area contributed by atoms with Gasteiger partial charge in [0.05, 0.1) is 0 Å².